The number of hydrogen-bond acceptors (Lipinski definition) is 3. The summed E-state index contributed by atoms with van der Waals surface area (Å²) in [5.41, 5.74) is 2.68. The summed E-state index contributed by atoms with van der Waals surface area (Å²) in [5, 5.41) is 0.693. The summed E-state index contributed by atoms with van der Waals surface area (Å²) in [6.45, 7) is 5.71. The van der Waals surface area contributed by atoms with Crippen molar-refractivity contribution in [2.45, 2.75) is 26.7 Å². The van der Waals surface area contributed by atoms with Crippen LogP contribution in [0.15, 0.2) is 18.3 Å². The van der Waals surface area contributed by atoms with Gasteiger partial charge in [0.2, 0.25) is 5.88 Å². The lowest BCUT2D eigenvalue weighted by atomic mass is 10.1. The normalized spacial score (nSPS) is 10.6. The summed E-state index contributed by atoms with van der Waals surface area (Å²) >= 11 is 11.9. The zero-order chi connectivity index (χ0) is 14.0. The highest BCUT2D eigenvalue weighted by Gasteiger charge is 2.12. The second kappa shape index (κ2) is 5.76. The van der Waals surface area contributed by atoms with Crippen LogP contribution in [-0.4, -0.2) is 9.97 Å². The minimum atomic E-state index is 0.307. The average Bonchev–Trinajstić information content (AvgIpc) is 2.34. The predicted octanol–water partition coefficient (Wildman–Crippen LogP) is 4.59. The van der Waals surface area contributed by atoms with E-state index in [1.165, 1.54) is 0 Å². The lowest BCUT2D eigenvalue weighted by molar-refractivity contribution is 0.448. The van der Waals surface area contributed by atoms with Crippen LogP contribution in [0.5, 0.6) is 11.6 Å². The van der Waals surface area contributed by atoms with E-state index in [1.54, 1.807) is 6.20 Å². The zero-order valence-electron chi connectivity index (χ0n) is 11.0. The Morgan fingerprint density at radius 1 is 1.16 bits per heavy atom. The molecule has 5 heteroatoms. The standard InChI is InChI=1S/C14H14Cl2N2O/c1-8-4-12(16)5-9(2)13(8)19-14-11(6-15)7-17-10(3)18-14/h4-5,7H,6H2,1-3H3. The van der Waals surface area contributed by atoms with E-state index in [0.717, 1.165) is 22.4 Å². The molecule has 1 aromatic carbocycles. The summed E-state index contributed by atoms with van der Waals surface area (Å²) in [5.74, 6) is 2.21. The SMILES string of the molecule is Cc1ncc(CCl)c(Oc2c(C)cc(Cl)cc2C)n1. The van der Waals surface area contributed by atoms with Crippen LogP contribution in [0.3, 0.4) is 0 Å². The first kappa shape index (κ1) is 14.1. The fraction of sp³-hybridized carbons (Fsp3) is 0.286. The number of ether oxygens (including phenoxy) is 1. The molecule has 1 heterocycles. The minimum Gasteiger partial charge on any atom is -0.438 e. The van der Waals surface area contributed by atoms with Crippen molar-refractivity contribution in [3.8, 4) is 11.6 Å². The van der Waals surface area contributed by atoms with Gasteiger partial charge in [0.25, 0.3) is 0 Å². The Balaban J connectivity index is 2.44. The molecule has 100 valence electrons. The maximum Gasteiger partial charge on any atom is 0.226 e. The number of alkyl halides is 1. The van der Waals surface area contributed by atoms with Crippen molar-refractivity contribution in [2.75, 3.05) is 0 Å². The molecule has 0 aliphatic carbocycles. The van der Waals surface area contributed by atoms with Crippen LogP contribution in [-0.2, 0) is 5.88 Å². The van der Waals surface area contributed by atoms with Crippen molar-refractivity contribution in [1.29, 1.82) is 0 Å². The van der Waals surface area contributed by atoms with Crippen molar-refractivity contribution in [3.05, 3.63) is 45.9 Å². The van der Waals surface area contributed by atoms with Gasteiger partial charge in [-0.05, 0) is 44.0 Å². The first-order chi connectivity index (χ1) is 9.01. The third kappa shape index (κ3) is 3.17. The highest BCUT2D eigenvalue weighted by Crippen LogP contribution is 2.32. The molecule has 19 heavy (non-hydrogen) atoms. The topological polar surface area (TPSA) is 35.0 Å². The van der Waals surface area contributed by atoms with Crippen molar-refractivity contribution in [3.63, 3.8) is 0 Å². The first-order valence-electron chi connectivity index (χ1n) is 5.84. The Morgan fingerprint density at radius 2 is 1.79 bits per heavy atom. The van der Waals surface area contributed by atoms with Crippen LogP contribution < -0.4 is 4.74 Å². The van der Waals surface area contributed by atoms with Gasteiger partial charge in [-0.25, -0.2) is 4.98 Å². The fourth-order valence-corrected chi connectivity index (χ4v) is 2.32. The molecule has 3 nitrogen and oxygen atoms in total. The summed E-state index contributed by atoms with van der Waals surface area (Å²) in [6.07, 6.45) is 1.69. The summed E-state index contributed by atoms with van der Waals surface area (Å²) < 4.78 is 5.90. The largest absolute Gasteiger partial charge is 0.438 e. The third-order valence-electron chi connectivity index (χ3n) is 2.71. The van der Waals surface area contributed by atoms with Gasteiger partial charge in [-0.3, -0.25) is 0 Å². The van der Waals surface area contributed by atoms with Crippen LogP contribution in [0.4, 0.5) is 0 Å². The molecule has 2 aromatic rings. The average molecular weight is 297 g/mol. The molecule has 1 aromatic heterocycles. The van der Waals surface area contributed by atoms with Crippen LogP contribution >= 0.6 is 23.2 Å². The molecule has 0 saturated heterocycles. The van der Waals surface area contributed by atoms with Gasteiger partial charge in [-0.15, -0.1) is 11.6 Å². The van der Waals surface area contributed by atoms with Gasteiger partial charge in [-0.1, -0.05) is 11.6 Å². The Bertz CT molecular complexity index is 591. The van der Waals surface area contributed by atoms with E-state index in [2.05, 4.69) is 9.97 Å². The van der Waals surface area contributed by atoms with Gasteiger partial charge in [0.15, 0.2) is 0 Å². The number of benzene rings is 1. The second-order valence-electron chi connectivity index (χ2n) is 4.35. The third-order valence-corrected chi connectivity index (χ3v) is 3.22. The number of aromatic nitrogens is 2. The van der Waals surface area contributed by atoms with E-state index in [1.807, 2.05) is 32.9 Å². The van der Waals surface area contributed by atoms with Crippen molar-refractivity contribution >= 4 is 23.2 Å². The molecule has 0 saturated carbocycles. The molecular formula is C14H14Cl2N2O. The Morgan fingerprint density at radius 3 is 2.37 bits per heavy atom. The molecule has 0 amide bonds. The van der Waals surface area contributed by atoms with Gasteiger partial charge in [0.05, 0.1) is 5.88 Å². The van der Waals surface area contributed by atoms with Gasteiger partial charge in [0, 0.05) is 16.8 Å². The molecule has 0 aliphatic heterocycles. The molecule has 0 spiro atoms. The van der Waals surface area contributed by atoms with E-state index in [-0.39, 0.29) is 0 Å². The van der Waals surface area contributed by atoms with E-state index in [9.17, 15) is 0 Å². The predicted molar refractivity (Wildman–Crippen MR) is 77.3 cm³/mol. The summed E-state index contributed by atoms with van der Waals surface area (Å²) in [4.78, 5) is 8.41. The highest BCUT2D eigenvalue weighted by atomic mass is 35.5. The van der Waals surface area contributed by atoms with E-state index in [4.69, 9.17) is 27.9 Å². The number of hydrogen-bond donors (Lipinski definition) is 0. The second-order valence-corrected chi connectivity index (χ2v) is 5.06. The van der Waals surface area contributed by atoms with Crippen molar-refractivity contribution in [1.82, 2.24) is 9.97 Å². The quantitative estimate of drug-likeness (QED) is 0.777. The lowest BCUT2D eigenvalue weighted by Gasteiger charge is -2.13. The van der Waals surface area contributed by atoms with Crippen LogP contribution in [0, 0.1) is 20.8 Å². The Hall–Kier alpha value is -1.32. The molecule has 2 rings (SSSR count). The van der Waals surface area contributed by atoms with Gasteiger partial charge in [0.1, 0.15) is 11.6 Å². The molecule has 0 unspecified atom stereocenters. The first-order valence-corrected chi connectivity index (χ1v) is 6.75. The smallest absolute Gasteiger partial charge is 0.226 e. The van der Waals surface area contributed by atoms with Gasteiger partial charge >= 0.3 is 0 Å². The summed E-state index contributed by atoms with van der Waals surface area (Å²) in [7, 11) is 0. The van der Waals surface area contributed by atoms with Crippen molar-refractivity contribution < 1.29 is 4.74 Å². The lowest BCUT2D eigenvalue weighted by Crippen LogP contribution is -1.99. The molecule has 0 fully saturated rings. The van der Waals surface area contributed by atoms with Gasteiger partial charge in [-0.2, -0.15) is 4.98 Å². The fourth-order valence-electron chi connectivity index (χ4n) is 1.81. The number of rotatable bonds is 3. The Labute approximate surface area is 122 Å². The molecule has 0 N–H and O–H groups in total. The number of aryl methyl sites for hydroxylation is 3. The van der Waals surface area contributed by atoms with E-state index >= 15 is 0 Å². The monoisotopic (exact) mass is 296 g/mol. The minimum absolute atomic E-state index is 0.307. The molecule has 0 radical (unpaired) electrons. The zero-order valence-corrected chi connectivity index (χ0v) is 12.5. The van der Waals surface area contributed by atoms with Gasteiger partial charge < -0.3 is 4.74 Å². The summed E-state index contributed by atoms with van der Waals surface area (Å²) in [6, 6.07) is 3.72. The number of halogens is 2. The molecule has 0 aliphatic rings. The van der Waals surface area contributed by atoms with Crippen LogP contribution in [0.2, 0.25) is 5.02 Å². The highest BCUT2D eigenvalue weighted by molar-refractivity contribution is 6.30. The molecule has 0 atom stereocenters. The Kier molecular flexibility index (Phi) is 4.27. The maximum atomic E-state index is 6.01. The maximum absolute atomic E-state index is 6.01. The molecule has 0 bridgehead atoms. The molecular weight excluding hydrogens is 283 g/mol. The van der Waals surface area contributed by atoms with Crippen LogP contribution in [0.25, 0.3) is 0 Å². The number of nitrogens with zero attached hydrogens (tertiary/aromatic N) is 2. The van der Waals surface area contributed by atoms with Crippen molar-refractivity contribution in [2.24, 2.45) is 0 Å². The van der Waals surface area contributed by atoms with Crippen LogP contribution in [0.1, 0.15) is 22.5 Å². The van der Waals surface area contributed by atoms with E-state index in [0.29, 0.717) is 22.6 Å². The van der Waals surface area contributed by atoms with E-state index < -0.39 is 0 Å².